The molecular weight excluding hydrogens is 298 g/mol. The molecule has 4 heteroatoms. The van der Waals surface area contributed by atoms with Crippen LogP contribution in [0.4, 0.5) is 5.69 Å². The van der Waals surface area contributed by atoms with Crippen molar-refractivity contribution in [1.82, 2.24) is 10.3 Å². The summed E-state index contributed by atoms with van der Waals surface area (Å²) in [5, 5.41) is 8.65. The second-order valence-corrected chi connectivity index (χ2v) is 8.34. The van der Waals surface area contributed by atoms with Crippen LogP contribution in [0, 0.1) is 6.92 Å². The summed E-state index contributed by atoms with van der Waals surface area (Å²) in [4.78, 5) is 4.65. The van der Waals surface area contributed by atoms with Crippen LogP contribution in [-0.2, 0) is 0 Å². The maximum atomic E-state index is 5.40. The zero-order valence-electron chi connectivity index (χ0n) is 15.7. The fraction of sp³-hybridized carbons (Fsp3) is 0.550. The van der Waals surface area contributed by atoms with E-state index >= 15 is 0 Å². The van der Waals surface area contributed by atoms with Crippen LogP contribution in [0.5, 0.6) is 5.75 Å². The number of aryl methyl sites for hydroxylation is 1. The van der Waals surface area contributed by atoms with Crippen LogP contribution in [0.2, 0.25) is 0 Å². The van der Waals surface area contributed by atoms with Gasteiger partial charge in [-0.05, 0) is 71.7 Å². The lowest BCUT2D eigenvalue weighted by Crippen LogP contribution is -2.60. The minimum atomic E-state index is 0.120. The fourth-order valence-electron chi connectivity index (χ4n) is 4.23. The van der Waals surface area contributed by atoms with Crippen LogP contribution in [0.3, 0.4) is 0 Å². The smallest absolute Gasteiger partial charge is 0.119 e. The van der Waals surface area contributed by atoms with E-state index in [1.807, 2.05) is 19.1 Å². The molecule has 3 rings (SSSR count). The van der Waals surface area contributed by atoms with Gasteiger partial charge in [-0.1, -0.05) is 0 Å². The Bertz CT molecular complexity index is 736. The van der Waals surface area contributed by atoms with Gasteiger partial charge in [-0.15, -0.1) is 0 Å². The first kappa shape index (κ1) is 17.0. The average molecular weight is 327 g/mol. The first-order valence-corrected chi connectivity index (χ1v) is 8.69. The highest BCUT2D eigenvalue weighted by Crippen LogP contribution is 2.33. The van der Waals surface area contributed by atoms with Gasteiger partial charge in [-0.25, -0.2) is 0 Å². The lowest BCUT2D eigenvalue weighted by atomic mass is 9.79. The van der Waals surface area contributed by atoms with E-state index in [0.29, 0.717) is 6.04 Å². The van der Waals surface area contributed by atoms with Crippen molar-refractivity contribution in [3.63, 3.8) is 0 Å². The van der Waals surface area contributed by atoms with Crippen LogP contribution in [0.1, 0.15) is 46.2 Å². The van der Waals surface area contributed by atoms with Crippen molar-refractivity contribution in [3.05, 3.63) is 30.0 Å². The summed E-state index contributed by atoms with van der Waals surface area (Å²) in [5.41, 5.74) is 3.42. The predicted octanol–water partition coefficient (Wildman–Crippen LogP) is 4.27. The van der Waals surface area contributed by atoms with Gasteiger partial charge in [0, 0.05) is 33.9 Å². The number of methoxy groups -OCH3 is 1. The number of hydrogen-bond donors (Lipinski definition) is 2. The van der Waals surface area contributed by atoms with Crippen molar-refractivity contribution in [2.75, 3.05) is 12.4 Å². The van der Waals surface area contributed by atoms with Crippen LogP contribution in [0.25, 0.3) is 10.9 Å². The van der Waals surface area contributed by atoms with Crippen LogP contribution in [-0.4, -0.2) is 29.2 Å². The molecule has 0 saturated carbocycles. The zero-order valence-corrected chi connectivity index (χ0v) is 15.7. The summed E-state index contributed by atoms with van der Waals surface area (Å²) in [6, 6.07) is 8.64. The highest BCUT2D eigenvalue weighted by atomic mass is 16.5. The molecule has 1 fully saturated rings. The quantitative estimate of drug-likeness (QED) is 0.883. The van der Waals surface area contributed by atoms with E-state index in [0.717, 1.165) is 40.9 Å². The number of nitrogens with one attached hydrogen (secondary N) is 2. The van der Waals surface area contributed by atoms with E-state index < -0.39 is 0 Å². The van der Waals surface area contributed by atoms with Crippen molar-refractivity contribution < 1.29 is 4.74 Å². The molecule has 0 radical (unpaired) electrons. The molecule has 2 N–H and O–H groups in total. The molecule has 1 aromatic carbocycles. The molecule has 2 aromatic rings. The highest BCUT2D eigenvalue weighted by molar-refractivity contribution is 5.92. The number of fused-ring (bicyclic) bond motifs is 1. The van der Waals surface area contributed by atoms with Crippen LogP contribution < -0.4 is 15.4 Å². The van der Waals surface area contributed by atoms with Crippen LogP contribution in [0.15, 0.2) is 24.3 Å². The SMILES string of the molecule is COc1ccc2nc(C)cc(NC3CC(C)(C)NC(C)(C)C3)c2c1. The lowest BCUT2D eigenvalue weighted by molar-refractivity contribution is 0.170. The van der Waals surface area contributed by atoms with Crippen molar-refractivity contribution in [2.24, 2.45) is 0 Å². The van der Waals surface area contributed by atoms with Crippen LogP contribution >= 0.6 is 0 Å². The van der Waals surface area contributed by atoms with Gasteiger partial charge in [0.15, 0.2) is 0 Å². The van der Waals surface area contributed by atoms with Gasteiger partial charge in [0.25, 0.3) is 0 Å². The first-order valence-electron chi connectivity index (χ1n) is 8.69. The Morgan fingerprint density at radius 1 is 1.12 bits per heavy atom. The Morgan fingerprint density at radius 3 is 2.42 bits per heavy atom. The number of anilines is 1. The molecule has 1 aliphatic rings. The molecule has 24 heavy (non-hydrogen) atoms. The number of rotatable bonds is 3. The zero-order chi connectivity index (χ0) is 17.5. The Balaban J connectivity index is 1.97. The molecule has 0 bridgehead atoms. The normalized spacial score (nSPS) is 20.1. The predicted molar refractivity (Wildman–Crippen MR) is 101 cm³/mol. The summed E-state index contributed by atoms with van der Waals surface area (Å²) in [6.45, 7) is 11.2. The third kappa shape index (κ3) is 3.64. The van der Waals surface area contributed by atoms with Gasteiger partial charge in [0.1, 0.15) is 5.75 Å². The molecule has 0 unspecified atom stereocenters. The summed E-state index contributed by atoms with van der Waals surface area (Å²) in [5.74, 6) is 0.863. The number of piperidine rings is 1. The monoisotopic (exact) mass is 327 g/mol. The Labute approximate surface area is 145 Å². The standard InChI is InChI=1S/C20H29N3O/c1-13-9-18(16-10-15(24-6)7-8-17(16)21-13)22-14-11-19(2,3)23-20(4,5)12-14/h7-10,14,23H,11-12H2,1-6H3,(H,21,22). The van der Waals surface area contributed by atoms with Gasteiger partial charge in [-0.3, -0.25) is 4.98 Å². The van der Waals surface area contributed by atoms with Gasteiger partial charge < -0.3 is 15.4 Å². The second-order valence-electron chi connectivity index (χ2n) is 8.34. The third-order valence-corrected chi connectivity index (χ3v) is 4.69. The minimum absolute atomic E-state index is 0.120. The number of ether oxygens (including phenoxy) is 1. The minimum Gasteiger partial charge on any atom is -0.497 e. The molecular formula is C20H29N3O. The number of aromatic nitrogens is 1. The van der Waals surface area contributed by atoms with Gasteiger partial charge in [0.05, 0.1) is 12.6 Å². The average Bonchev–Trinajstić information content (AvgIpc) is 2.43. The molecule has 0 atom stereocenters. The Morgan fingerprint density at radius 2 is 1.79 bits per heavy atom. The number of pyridine rings is 1. The molecule has 130 valence electrons. The summed E-state index contributed by atoms with van der Waals surface area (Å²) in [7, 11) is 1.70. The van der Waals surface area contributed by atoms with Crippen molar-refractivity contribution in [3.8, 4) is 5.75 Å². The molecule has 0 spiro atoms. The van der Waals surface area contributed by atoms with Gasteiger partial charge >= 0.3 is 0 Å². The van der Waals surface area contributed by atoms with E-state index in [1.54, 1.807) is 7.11 Å². The molecule has 0 aliphatic carbocycles. The summed E-state index contributed by atoms with van der Waals surface area (Å²) < 4.78 is 5.40. The van der Waals surface area contributed by atoms with Crippen molar-refractivity contribution >= 4 is 16.6 Å². The maximum Gasteiger partial charge on any atom is 0.119 e. The highest BCUT2D eigenvalue weighted by Gasteiger charge is 2.37. The number of nitrogens with zero attached hydrogens (tertiary/aromatic N) is 1. The van der Waals surface area contributed by atoms with Gasteiger partial charge in [0.2, 0.25) is 0 Å². The molecule has 1 aromatic heterocycles. The van der Waals surface area contributed by atoms with E-state index in [-0.39, 0.29) is 11.1 Å². The number of benzene rings is 1. The summed E-state index contributed by atoms with van der Waals surface area (Å²) in [6.07, 6.45) is 2.17. The third-order valence-electron chi connectivity index (χ3n) is 4.69. The number of hydrogen-bond acceptors (Lipinski definition) is 4. The fourth-order valence-corrected chi connectivity index (χ4v) is 4.23. The molecule has 1 aliphatic heterocycles. The van der Waals surface area contributed by atoms with E-state index in [1.165, 1.54) is 0 Å². The van der Waals surface area contributed by atoms with Crippen molar-refractivity contribution in [2.45, 2.75) is 64.6 Å². The Hall–Kier alpha value is -1.81. The molecule has 1 saturated heterocycles. The van der Waals surface area contributed by atoms with E-state index in [9.17, 15) is 0 Å². The largest absolute Gasteiger partial charge is 0.497 e. The maximum absolute atomic E-state index is 5.40. The summed E-state index contributed by atoms with van der Waals surface area (Å²) >= 11 is 0. The van der Waals surface area contributed by atoms with E-state index in [2.05, 4.69) is 55.4 Å². The second kappa shape index (κ2) is 5.92. The first-order chi connectivity index (χ1) is 11.2. The lowest BCUT2D eigenvalue weighted by Gasteiger charge is -2.47. The van der Waals surface area contributed by atoms with E-state index in [4.69, 9.17) is 4.74 Å². The molecule has 2 heterocycles. The Kier molecular flexibility index (Phi) is 4.20. The van der Waals surface area contributed by atoms with Gasteiger partial charge in [-0.2, -0.15) is 0 Å². The molecule has 0 amide bonds. The topological polar surface area (TPSA) is 46.2 Å². The van der Waals surface area contributed by atoms with Crippen molar-refractivity contribution in [1.29, 1.82) is 0 Å². The molecule has 4 nitrogen and oxygen atoms in total.